The molecule has 0 unspecified atom stereocenters. The van der Waals surface area contributed by atoms with E-state index in [-0.39, 0.29) is 17.9 Å². The summed E-state index contributed by atoms with van der Waals surface area (Å²) < 4.78 is 5.23. The fraction of sp³-hybridized carbons (Fsp3) is 0.440. The van der Waals surface area contributed by atoms with Crippen LogP contribution in [0.3, 0.4) is 0 Å². The molecule has 0 radical (unpaired) electrons. The number of hydrogen-bond acceptors (Lipinski definition) is 4. The van der Waals surface area contributed by atoms with Crippen LogP contribution in [0, 0.1) is 0 Å². The predicted molar refractivity (Wildman–Crippen MR) is 131 cm³/mol. The van der Waals surface area contributed by atoms with Crippen molar-refractivity contribution < 1.29 is 14.3 Å². The van der Waals surface area contributed by atoms with Crippen molar-refractivity contribution in [1.29, 1.82) is 0 Å². The number of thioether (sulfide) groups is 1. The normalized spacial score (nSPS) is 14.7. The van der Waals surface area contributed by atoms with Crippen LogP contribution >= 0.6 is 23.4 Å². The number of halogens is 1. The molecule has 1 atom stereocenters. The monoisotopic (exact) mass is 474 g/mol. The summed E-state index contributed by atoms with van der Waals surface area (Å²) in [6.45, 7) is 2.19. The zero-order valence-corrected chi connectivity index (χ0v) is 20.3. The lowest BCUT2D eigenvalue weighted by Crippen LogP contribution is -2.50. The van der Waals surface area contributed by atoms with Crippen molar-refractivity contribution >= 4 is 35.2 Å². The van der Waals surface area contributed by atoms with Crippen LogP contribution < -0.4 is 10.1 Å². The van der Waals surface area contributed by atoms with E-state index in [4.69, 9.17) is 16.3 Å². The fourth-order valence-electron chi connectivity index (χ4n) is 3.82. The van der Waals surface area contributed by atoms with Gasteiger partial charge < -0.3 is 15.0 Å². The third-order valence-electron chi connectivity index (χ3n) is 5.79. The van der Waals surface area contributed by atoms with Crippen LogP contribution in [0.1, 0.15) is 43.7 Å². The molecule has 32 heavy (non-hydrogen) atoms. The lowest BCUT2D eigenvalue weighted by molar-refractivity contribution is -0.138. The second-order valence-corrected chi connectivity index (χ2v) is 9.58. The third-order valence-corrected chi connectivity index (χ3v) is 7.03. The lowest BCUT2D eigenvalue weighted by atomic mass is 10.1. The number of rotatable bonds is 10. The number of benzene rings is 2. The van der Waals surface area contributed by atoms with Crippen molar-refractivity contribution in [3.05, 3.63) is 64.7 Å². The second-order valence-electron chi connectivity index (χ2n) is 8.15. The highest BCUT2D eigenvalue weighted by Crippen LogP contribution is 2.21. The first-order chi connectivity index (χ1) is 15.5. The summed E-state index contributed by atoms with van der Waals surface area (Å²) in [5.41, 5.74) is 2.07. The SMILES string of the molecule is COc1ccc(CN(C(=O)CSCc2ccc(Cl)cc2)[C@@H](C)C(=O)NC2CCCC2)cc1. The number of carbonyl (C=O) groups excluding carboxylic acids is 2. The Labute approximate surface area is 199 Å². The minimum atomic E-state index is -0.540. The highest BCUT2D eigenvalue weighted by molar-refractivity contribution is 7.99. The van der Waals surface area contributed by atoms with E-state index in [1.54, 1.807) is 23.8 Å². The van der Waals surface area contributed by atoms with Gasteiger partial charge in [0.1, 0.15) is 11.8 Å². The van der Waals surface area contributed by atoms with Crippen LogP contribution in [-0.4, -0.2) is 41.7 Å². The molecule has 1 saturated carbocycles. The Hall–Kier alpha value is -2.18. The van der Waals surface area contributed by atoms with Gasteiger partial charge in [-0.2, -0.15) is 0 Å². The van der Waals surface area contributed by atoms with Gasteiger partial charge in [0.15, 0.2) is 0 Å². The fourth-order valence-corrected chi connectivity index (χ4v) is 4.82. The molecule has 0 aliphatic heterocycles. The molecule has 7 heteroatoms. The quantitative estimate of drug-likeness (QED) is 0.523. The van der Waals surface area contributed by atoms with Crippen molar-refractivity contribution in [3.8, 4) is 5.75 Å². The van der Waals surface area contributed by atoms with Crippen molar-refractivity contribution in [1.82, 2.24) is 10.2 Å². The molecule has 3 rings (SSSR count). The molecule has 1 aliphatic carbocycles. The number of methoxy groups -OCH3 is 1. The van der Waals surface area contributed by atoms with Crippen molar-refractivity contribution in [3.63, 3.8) is 0 Å². The number of hydrogen-bond donors (Lipinski definition) is 1. The maximum absolute atomic E-state index is 13.2. The largest absolute Gasteiger partial charge is 0.497 e. The standard InChI is InChI=1S/C25H31ClN2O3S/c1-18(25(30)27-22-5-3-4-6-22)28(15-19-9-13-23(31-2)14-10-19)24(29)17-32-16-20-7-11-21(26)12-8-20/h7-14,18,22H,3-6,15-17H2,1-2H3,(H,27,30)/t18-/m0/s1. The maximum atomic E-state index is 13.2. The van der Waals surface area contributed by atoms with Gasteiger partial charge in [-0.05, 0) is 55.2 Å². The molecule has 1 N–H and O–H groups in total. The van der Waals surface area contributed by atoms with E-state index in [0.29, 0.717) is 23.1 Å². The number of nitrogens with zero attached hydrogens (tertiary/aromatic N) is 1. The Morgan fingerprint density at radius 3 is 2.34 bits per heavy atom. The summed E-state index contributed by atoms with van der Waals surface area (Å²) in [5.74, 6) is 1.65. The first-order valence-electron chi connectivity index (χ1n) is 11.0. The van der Waals surface area contributed by atoms with Gasteiger partial charge in [0.2, 0.25) is 11.8 Å². The molecule has 5 nitrogen and oxygen atoms in total. The molecule has 2 amide bonds. The molecule has 0 spiro atoms. The maximum Gasteiger partial charge on any atom is 0.242 e. The number of ether oxygens (including phenoxy) is 1. The Morgan fingerprint density at radius 1 is 1.09 bits per heavy atom. The molecule has 1 fully saturated rings. The van der Waals surface area contributed by atoms with E-state index in [0.717, 1.165) is 42.6 Å². The molecule has 0 aromatic heterocycles. The number of carbonyl (C=O) groups is 2. The van der Waals surface area contributed by atoms with Crippen molar-refractivity contribution in [2.45, 2.75) is 57.0 Å². The third kappa shape index (κ3) is 7.17. The summed E-state index contributed by atoms with van der Waals surface area (Å²) in [6, 6.07) is 14.9. The van der Waals surface area contributed by atoms with Gasteiger partial charge in [0.25, 0.3) is 0 Å². The van der Waals surface area contributed by atoms with Crippen molar-refractivity contribution in [2.75, 3.05) is 12.9 Å². The first-order valence-corrected chi connectivity index (χ1v) is 12.5. The van der Waals surface area contributed by atoms with Gasteiger partial charge in [0.05, 0.1) is 12.9 Å². The highest BCUT2D eigenvalue weighted by atomic mass is 35.5. The van der Waals surface area contributed by atoms with Crippen LogP contribution in [0.15, 0.2) is 48.5 Å². The highest BCUT2D eigenvalue weighted by Gasteiger charge is 2.28. The summed E-state index contributed by atoms with van der Waals surface area (Å²) in [7, 11) is 1.62. The Bertz CT molecular complexity index is 883. The van der Waals surface area contributed by atoms with Crippen LogP contribution in [0.25, 0.3) is 0 Å². The van der Waals surface area contributed by atoms with E-state index in [1.165, 1.54) is 0 Å². The molecule has 0 bridgehead atoms. The number of amides is 2. The van der Waals surface area contributed by atoms with E-state index >= 15 is 0 Å². The first kappa shape index (κ1) is 24.5. The molecule has 172 valence electrons. The Morgan fingerprint density at radius 2 is 1.72 bits per heavy atom. The van der Waals surface area contributed by atoms with Gasteiger partial charge in [-0.25, -0.2) is 0 Å². The van der Waals surface area contributed by atoms with Crippen molar-refractivity contribution in [2.24, 2.45) is 0 Å². The zero-order valence-electron chi connectivity index (χ0n) is 18.7. The van der Waals surface area contributed by atoms with E-state index in [1.807, 2.05) is 55.5 Å². The molecule has 1 aliphatic rings. The van der Waals surface area contributed by atoms with Gasteiger partial charge >= 0.3 is 0 Å². The molecule has 2 aromatic carbocycles. The van der Waals surface area contributed by atoms with E-state index in [2.05, 4.69) is 5.32 Å². The van der Waals surface area contributed by atoms with Crippen LogP contribution in [0.4, 0.5) is 0 Å². The number of nitrogens with one attached hydrogen (secondary N) is 1. The van der Waals surface area contributed by atoms with Crippen LogP contribution in [0.5, 0.6) is 5.75 Å². The Balaban J connectivity index is 1.65. The summed E-state index contributed by atoms with van der Waals surface area (Å²) in [4.78, 5) is 27.8. The average Bonchev–Trinajstić information content (AvgIpc) is 3.31. The molecule has 2 aromatic rings. The van der Waals surface area contributed by atoms with Gasteiger partial charge in [-0.15, -0.1) is 11.8 Å². The second kappa shape index (κ2) is 12.2. The summed E-state index contributed by atoms with van der Waals surface area (Å²) in [5, 5.41) is 3.83. The summed E-state index contributed by atoms with van der Waals surface area (Å²) in [6.07, 6.45) is 4.33. The van der Waals surface area contributed by atoms with E-state index < -0.39 is 6.04 Å². The average molecular weight is 475 g/mol. The van der Waals surface area contributed by atoms with Crippen LogP contribution in [-0.2, 0) is 21.9 Å². The lowest BCUT2D eigenvalue weighted by Gasteiger charge is -2.29. The van der Waals surface area contributed by atoms with E-state index in [9.17, 15) is 9.59 Å². The summed E-state index contributed by atoms with van der Waals surface area (Å²) >= 11 is 7.49. The zero-order chi connectivity index (χ0) is 22.9. The smallest absolute Gasteiger partial charge is 0.242 e. The molecular formula is C25H31ClN2O3S. The van der Waals surface area contributed by atoms with Crippen LogP contribution in [0.2, 0.25) is 5.02 Å². The minimum Gasteiger partial charge on any atom is -0.497 e. The topological polar surface area (TPSA) is 58.6 Å². The van der Waals surface area contributed by atoms with Gasteiger partial charge in [0, 0.05) is 23.4 Å². The molecule has 0 saturated heterocycles. The van der Waals surface area contributed by atoms with Gasteiger partial charge in [-0.3, -0.25) is 9.59 Å². The predicted octanol–water partition coefficient (Wildman–Crippen LogP) is 5.06. The molecule has 0 heterocycles. The Kier molecular flexibility index (Phi) is 9.30. The van der Waals surface area contributed by atoms with Gasteiger partial charge in [-0.1, -0.05) is 48.7 Å². The minimum absolute atomic E-state index is 0.0474. The molecular weight excluding hydrogens is 444 g/mol.